The second-order valence-electron chi connectivity index (χ2n) is 6.72. The van der Waals surface area contributed by atoms with Crippen LogP contribution in [0, 0.1) is 0 Å². The number of carbonyl (C=O) groups excluding carboxylic acids is 1. The van der Waals surface area contributed by atoms with Gasteiger partial charge < -0.3 is 4.74 Å². The molecule has 154 valence electrons. The molecule has 0 fully saturated rings. The maximum Gasteiger partial charge on any atom is 0.289 e. The van der Waals surface area contributed by atoms with Gasteiger partial charge >= 0.3 is 0 Å². The zero-order valence-electron chi connectivity index (χ0n) is 16.5. The van der Waals surface area contributed by atoms with Gasteiger partial charge in [-0.15, -0.1) is 0 Å². The molecule has 0 atom stereocenters. The summed E-state index contributed by atoms with van der Waals surface area (Å²) in [7, 11) is 0. The molecule has 1 aromatic heterocycles. The van der Waals surface area contributed by atoms with E-state index >= 15 is 0 Å². The molecule has 0 radical (unpaired) electrons. The predicted molar refractivity (Wildman–Crippen MR) is 121 cm³/mol. The molecule has 0 aliphatic heterocycles. The van der Waals surface area contributed by atoms with Crippen LogP contribution in [-0.4, -0.2) is 22.3 Å². The highest BCUT2D eigenvalue weighted by Crippen LogP contribution is 2.23. The Hall–Kier alpha value is -3.90. The summed E-state index contributed by atoms with van der Waals surface area (Å²) >= 11 is 5.85. The number of halogens is 1. The van der Waals surface area contributed by atoms with Gasteiger partial charge in [0.2, 0.25) is 0 Å². The number of nitrogens with one attached hydrogen (secondary N) is 2. The highest BCUT2D eigenvalue weighted by molar-refractivity contribution is 6.30. The smallest absolute Gasteiger partial charge is 0.289 e. The number of hydrogen-bond acceptors (Lipinski definition) is 4. The van der Waals surface area contributed by atoms with Crippen molar-refractivity contribution < 1.29 is 9.53 Å². The fourth-order valence-corrected chi connectivity index (χ4v) is 2.97. The second-order valence-corrected chi connectivity index (χ2v) is 7.16. The van der Waals surface area contributed by atoms with Crippen LogP contribution >= 0.6 is 11.6 Å². The lowest BCUT2D eigenvalue weighted by Crippen LogP contribution is -2.17. The highest BCUT2D eigenvalue weighted by Gasteiger charge is 2.11. The summed E-state index contributed by atoms with van der Waals surface area (Å²) in [5, 5.41) is 11.6. The van der Waals surface area contributed by atoms with Gasteiger partial charge in [0.25, 0.3) is 5.91 Å². The molecule has 0 aliphatic carbocycles. The van der Waals surface area contributed by atoms with Crippen molar-refractivity contribution in [1.29, 1.82) is 0 Å². The first-order valence-corrected chi connectivity index (χ1v) is 9.97. The third-order valence-corrected chi connectivity index (χ3v) is 4.70. The molecule has 0 spiro atoms. The lowest BCUT2D eigenvalue weighted by atomic mass is 10.1. The molecule has 6 nitrogen and oxygen atoms in total. The Kier molecular flexibility index (Phi) is 6.40. The third-order valence-electron chi connectivity index (χ3n) is 4.45. The number of hydrogen-bond donors (Lipinski definition) is 2. The first-order valence-electron chi connectivity index (χ1n) is 9.59. The minimum Gasteiger partial charge on any atom is -0.489 e. The van der Waals surface area contributed by atoms with Gasteiger partial charge in [0.15, 0.2) is 0 Å². The lowest BCUT2D eigenvalue weighted by molar-refractivity contribution is 0.0950. The molecule has 4 aromatic rings. The van der Waals surface area contributed by atoms with E-state index in [1.165, 1.54) is 0 Å². The maximum absolute atomic E-state index is 12.3. The van der Waals surface area contributed by atoms with E-state index in [1.54, 1.807) is 36.5 Å². The number of nitrogens with zero attached hydrogens (tertiary/aromatic N) is 2. The SMILES string of the molecule is O=C(NN=Cc1ccc(Cl)cc1)c1cc(-c2cccc(OCc3ccccc3)c2)n[nH]1. The molecule has 3 aromatic carbocycles. The summed E-state index contributed by atoms with van der Waals surface area (Å²) in [6, 6.07) is 26.3. The standard InChI is InChI=1S/C24H19ClN4O2/c25-20-11-9-17(10-12-20)15-26-29-24(30)23-14-22(27-28-23)19-7-4-8-21(13-19)31-16-18-5-2-1-3-6-18/h1-15H,16H2,(H,27,28)(H,29,30). The Morgan fingerprint density at radius 1 is 1.03 bits per heavy atom. The molecule has 0 saturated carbocycles. The van der Waals surface area contributed by atoms with E-state index in [2.05, 4.69) is 20.7 Å². The first kappa shape index (κ1) is 20.4. The number of amides is 1. The molecule has 1 amide bonds. The van der Waals surface area contributed by atoms with Crippen molar-refractivity contribution in [3.05, 3.63) is 107 Å². The minimum atomic E-state index is -0.388. The number of ether oxygens (including phenoxy) is 1. The number of benzene rings is 3. The summed E-state index contributed by atoms with van der Waals surface area (Å²) in [6.45, 7) is 0.476. The topological polar surface area (TPSA) is 79.4 Å². The Balaban J connectivity index is 1.38. The van der Waals surface area contributed by atoms with E-state index in [-0.39, 0.29) is 5.91 Å². The van der Waals surface area contributed by atoms with Gasteiger partial charge in [-0.1, -0.05) is 66.2 Å². The molecule has 0 unspecified atom stereocenters. The normalized spacial score (nSPS) is 10.9. The summed E-state index contributed by atoms with van der Waals surface area (Å²) in [4.78, 5) is 12.3. The van der Waals surface area contributed by atoms with Crippen LogP contribution in [0.15, 0.2) is 90.0 Å². The average Bonchev–Trinajstić information content (AvgIpc) is 3.30. The van der Waals surface area contributed by atoms with E-state index in [1.807, 2.05) is 54.6 Å². The zero-order valence-corrected chi connectivity index (χ0v) is 17.2. The predicted octanol–water partition coefficient (Wildman–Crippen LogP) is 5.07. The number of hydrazone groups is 1. The summed E-state index contributed by atoms with van der Waals surface area (Å²) in [5.74, 6) is 0.336. The van der Waals surface area contributed by atoms with Crippen molar-refractivity contribution >= 4 is 23.7 Å². The van der Waals surface area contributed by atoms with Gasteiger partial charge in [-0.3, -0.25) is 9.89 Å². The van der Waals surface area contributed by atoms with Gasteiger partial charge in [0.05, 0.1) is 11.9 Å². The van der Waals surface area contributed by atoms with Crippen molar-refractivity contribution in [2.24, 2.45) is 5.10 Å². The van der Waals surface area contributed by atoms with Crippen LogP contribution in [-0.2, 0) is 6.61 Å². The van der Waals surface area contributed by atoms with E-state index in [4.69, 9.17) is 16.3 Å². The fraction of sp³-hybridized carbons (Fsp3) is 0.0417. The van der Waals surface area contributed by atoms with E-state index < -0.39 is 0 Å². The number of aromatic nitrogens is 2. The largest absolute Gasteiger partial charge is 0.489 e. The zero-order chi connectivity index (χ0) is 21.5. The molecular formula is C24H19ClN4O2. The summed E-state index contributed by atoms with van der Waals surface area (Å²) < 4.78 is 5.87. The van der Waals surface area contributed by atoms with Crippen molar-refractivity contribution in [1.82, 2.24) is 15.6 Å². The third kappa shape index (κ3) is 5.58. The van der Waals surface area contributed by atoms with Gasteiger partial charge in [0, 0.05) is 10.6 Å². The molecule has 2 N–H and O–H groups in total. The van der Waals surface area contributed by atoms with Crippen LogP contribution in [0.25, 0.3) is 11.3 Å². The van der Waals surface area contributed by atoms with Crippen LogP contribution in [0.5, 0.6) is 5.75 Å². The van der Waals surface area contributed by atoms with E-state index in [0.717, 1.165) is 22.4 Å². The Bertz CT molecular complexity index is 1190. The number of H-pyrrole nitrogens is 1. The van der Waals surface area contributed by atoms with Crippen molar-refractivity contribution in [3.63, 3.8) is 0 Å². The van der Waals surface area contributed by atoms with Crippen LogP contribution < -0.4 is 10.2 Å². The molecule has 31 heavy (non-hydrogen) atoms. The summed E-state index contributed by atoms with van der Waals surface area (Å²) in [5.41, 5.74) is 6.17. The number of aromatic amines is 1. The van der Waals surface area contributed by atoms with Crippen molar-refractivity contribution in [2.45, 2.75) is 6.61 Å². The molecule has 0 saturated heterocycles. The Morgan fingerprint density at radius 3 is 2.65 bits per heavy atom. The van der Waals surface area contributed by atoms with Crippen molar-refractivity contribution in [2.75, 3.05) is 0 Å². The van der Waals surface area contributed by atoms with Crippen LogP contribution in [0.2, 0.25) is 5.02 Å². The quantitative estimate of drug-likeness (QED) is 0.317. The monoisotopic (exact) mass is 430 g/mol. The minimum absolute atomic E-state index is 0.305. The van der Waals surface area contributed by atoms with Gasteiger partial charge in [-0.25, -0.2) is 5.43 Å². The second kappa shape index (κ2) is 9.73. The van der Waals surface area contributed by atoms with Gasteiger partial charge in [-0.2, -0.15) is 10.2 Å². The molecule has 4 rings (SSSR count). The molecule has 0 aliphatic rings. The van der Waals surface area contributed by atoms with Crippen LogP contribution in [0.1, 0.15) is 21.6 Å². The highest BCUT2D eigenvalue weighted by atomic mass is 35.5. The Morgan fingerprint density at radius 2 is 1.84 bits per heavy atom. The van der Waals surface area contributed by atoms with Crippen molar-refractivity contribution in [3.8, 4) is 17.0 Å². The van der Waals surface area contributed by atoms with Gasteiger partial charge in [0.1, 0.15) is 18.1 Å². The van der Waals surface area contributed by atoms with E-state index in [9.17, 15) is 4.79 Å². The number of rotatable bonds is 7. The van der Waals surface area contributed by atoms with Gasteiger partial charge in [-0.05, 0) is 41.5 Å². The molecule has 0 bridgehead atoms. The molecule has 7 heteroatoms. The van der Waals surface area contributed by atoms with E-state index in [0.29, 0.717) is 23.0 Å². The fourth-order valence-electron chi connectivity index (χ4n) is 2.85. The molecule has 1 heterocycles. The van der Waals surface area contributed by atoms with Crippen LogP contribution in [0.3, 0.4) is 0 Å². The lowest BCUT2D eigenvalue weighted by Gasteiger charge is -2.07. The first-order chi connectivity index (χ1) is 15.2. The average molecular weight is 431 g/mol. The summed E-state index contributed by atoms with van der Waals surface area (Å²) in [6.07, 6.45) is 1.54. The number of carbonyl (C=O) groups is 1. The Labute approximate surface area is 184 Å². The molecular weight excluding hydrogens is 412 g/mol. The van der Waals surface area contributed by atoms with Crippen LogP contribution in [0.4, 0.5) is 0 Å². The maximum atomic E-state index is 12.3.